The maximum atomic E-state index is 4.60. The Bertz CT molecular complexity index is 386. The zero-order valence-corrected chi connectivity index (χ0v) is 13.6. The first-order valence-electron chi connectivity index (χ1n) is 7.60. The molecule has 1 aromatic heterocycles. The van der Waals surface area contributed by atoms with Gasteiger partial charge in [0.05, 0.1) is 11.7 Å². The van der Waals surface area contributed by atoms with Crippen LogP contribution in [0.1, 0.15) is 57.7 Å². The van der Waals surface area contributed by atoms with Crippen LogP contribution in [0.4, 0.5) is 0 Å². The van der Waals surface area contributed by atoms with Crippen LogP contribution in [0, 0.1) is 11.8 Å². The summed E-state index contributed by atoms with van der Waals surface area (Å²) in [4.78, 5) is 4.60. The van der Waals surface area contributed by atoms with E-state index in [0.29, 0.717) is 6.04 Å². The van der Waals surface area contributed by atoms with Crippen molar-refractivity contribution in [3.05, 3.63) is 28.5 Å². The van der Waals surface area contributed by atoms with Gasteiger partial charge in [-0.15, -0.1) is 0 Å². The van der Waals surface area contributed by atoms with Gasteiger partial charge in [-0.1, -0.05) is 33.1 Å². The van der Waals surface area contributed by atoms with Crippen LogP contribution in [-0.4, -0.2) is 11.5 Å². The van der Waals surface area contributed by atoms with Crippen LogP contribution in [0.25, 0.3) is 0 Å². The highest BCUT2D eigenvalue weighted by Crippen LogP contribution is 2.38. The lowest BCUT2D eigenvalue weighted by Crippen LogP contribution is -2.31. The molecule has 0 radical (unpaired) electrons. The first kappa shape index (κ1) is 15.0. The zero-order chi connectivity index (χ0) is 13.7. The van der Waals surface area contributed by atoms with Gasteiger partial charge in [-0.05, 0) is 59.3 Å². The molecule has 0 bridgehead atoms. The van der Waals surface area contributed by atoms with Crippen LogP contribution in [0.3, 0.4) is 0 Å². The summed E-state index contributed by atoms with van der Waals surface area (Å²) in [6, 6.07) is 4.49. The van der Waals surface area contributed by atoms with E-state index in [4.69, 9.17) is 0 Å². The highest BCUT2D eigenvalue weighted by Gasteiger charge is 2.29. The fourth-order valence-electron chi connectivity index (χ4n) is 3.26. The summed E-state index contributed by atoms with van der Waals surface area (Å²) in [7, 11) is 0. The largest absolute Gasteiger partial charge is 0.309 e. The number of hydrogen-bond acceptors (Lipinski definition) is 2. The molecule has 1 heterocycles. The van der Waals surface area contributed by atoms with E-state index in [-0.39, 0.29) is 0 Å². The smallest absolute Gasteiger partial charge is 0.0717 e. The predicted octanol–water partition coefficient (Wildman–Crippen LogP) is 4.71. The fourth-order valence-corrected chi connectivity index (χ4v) is 3.76. The van der Waals surface area contributed by atoms with Crippen molar-refractivity contribution in [3.8, 4) is 0 Å². The van der Waals surface area contributed by atoms with Gasteiger partial charge in [0.1, 0.15) is 0 Å². The van der Waals surface area contributed by atoms with Crippen LogP contribution in [0.15, 0.2) is 22.8 Å². The molecule has 1 aromatic rings. The number of rotatable bonds is 5. The van der Waals surface area contributed by atoms with Crippen LogP contribution in [0.2, 0.25) is 0 Å². The quantitative estimate of drug-likeness (QED) is 0.848. The number of halogens is 1. The third kappa shape index (κ3) is 3.79. The second-order valence-corrected chi connectivity index (χ2v) is 6.45. The molecule has 0 aromatic carbocycles. The molecular formula is C16H25BrN2. The molecule has 1 unspecified atom stereocenters. The molecular weight excluding hydrogens is 300 g/mol. The Labute approximate surface area is 125 Å². The van der Waals surface area contributed by atoms with Gasteiger partial charge in [0, 0.05) is 10.7 Å². The van der Waals surface area contributed by atoms with Crippen molar-refractivity contribution >= 4 is 15.9 Å². The molecule has 3 heteroatoms. The Morgan fingerprint density at radius 2 is 2.05 bits per heavy atom. The monoisotopic (exact) mass is 324 g/mol. The first-order chi connectivity index (χ1) is 9.26. The van der Waals surface area contributed by atoms with Gasteiger partial charge in [-0.2, -0.15) is 0 Å². The van der Waals surface area contributed by atoms with Gasteiger partial charge in [0.2, 0.25) is 0 Å². The lowest BCUT2D eigenvalue weighted by molar-refractivity contribution is 0.217. The molecule has 0 saturated heterocycles. The van der Waals surface area contributed by atoms with Gasteiger partial charge in [0.15, 0.2) is 0 Å². The van der Waals surface area contributed by atoms with Gasteiger partial charge in [0.25, 0.3) is 0 Å². The van der Waals surface area contributed by atoms with E-state index in [1.807, 2.05) is 12.3 Å². The van der Waals surface area contributed by atoms with Crippen molar-refractivity contribution in [1.82, 2.24) is 10.3 Å². The fraction of sp³-hybridized carbons (Fsp3) is 0.688. The molecule has 0 amide bonds. The molecule has 1 aliphatic carbocycles. The van der Waals surface area contributed by atoms with Gasteiger partial charge < -0.3 is 5.32 Å². The minimum absolute atomic E-state index is 0.401. The molecule has 1 atom stereocenters. The zero-order valence-electron chi connectivity index (χ0n) is 12.0. The maximum absolute atomic E-state index is 4.60. The molecule has 1 fully saturated rings. The summed E-state index contributed by atoms with van der Waals surface area (Å²) in [5.74, 6) is 1.68. The Morgan fingerprint density at radius 3 is 2.63 bits per heavy atom. The minimum atomic E-state index is 0.401. The van der Waals surface area contributed by atoms with Crippen molar-refractivity contribution in [2.45, 2.75) is 52.0 Å². The van der Waals surface area contributed by atoms with Crippen molar-refractivity contribution in [2.75, 3.05) is 6.54 Å². The molecule has 19 heavy (non-hydrogen) atoms. The highest BCUT2D eigenvalue weighted by molar-refractivity contribution is 9.10. The molecule has 1 saturated carbocycles. The van der Waals surface area contributed by atoms with Crippen molar-refractivity contribution in [1.29, 1.82) is 0 Å². The number of nitrogens with zero attached hydrogens (tertiary/aromatic N) is 1. The molecule has 2 rings (SSSR count). The normalized spacial score (nSPS) is 25.2. The van der Waals surface area contributed by atoms with Crippen LogP contribution < -0.4 is 5.32 Å². The van der Waals surface area contributed by atoms with Crippen LogP contribution in [-0.2, 0) is 0 Å². The Hall–Kier alpha value is -0.410. The molecule has 0 aliphatic heterocycles. The predicted molar refractivity (Wildman–Crippen MR) is 84.1 cm³/mol. The lowest BCUT2D eigenvalue weighted by atomic mass is 9.77. The minimum Gasteiger partial charge on any atom is -0.309 e. The van der Waals surface area contributed by atoms with Gasteiger partial charge in [-0.3, -0.25) is 4.98 Å². The lowest BCUT2D eigenvalue weighted by Gasteiger charge is -2.34. The summed E-state index contributed by atoms with van der Waals surface area (Å²) in [6.07, 6.45) is 8.67. The SMILES string of the molecule is CCNC(c1ncccc1Br)C1CCC(CC)CC1. The van der Waals surface area contributed by atoms with E-state index in [2.05, 4.69) is 46.1 Å². The molecule has 0 spiro atoms. The second kappa shape index (κ2) is 7.39. The second-order valence-electron chi connectivity index (χ2n) is 5.59. The molecule has 1 aliphatic rings. The topological polar surface area (TPSA) is 24.9 Å². The van der Waals surface area contributed by atoms with Crippen molar-refractivity contribution in [2.24, 2.45) is 11.8 Å². The summed E-state index contributed by atoms with van der Waals surface area (Å²) < 4.78 is 1.14. The van der Waals surface area contributed by atoms with Crippen molar-refractivity contribution in [3.63, 3.8) is 0 Å². The third-order valence-electron chi connectivity index (χ3n) is 4.45. The Kier molecular flexibility index (Phi) is 5.83. The van der Waals surface area contributed by atoms with Gasteiger partial charge in [-0.25, -0.2) is 0 Å². The molecule has 2 nitrogen and oxygen atoms in total. The maximum Gasteiger partial charge on any atom is 0.0717 e. The summed E-state index contributed by atoms with van der Waals surface area (Å²) in [5.41, 5.74) is 1.18. The summed E-state index contributed by atoms with van der Waals surface area (Å²) >= 11 is 3.66. The van der Waals surface area contributed by atoms with E-state index in [1.54, 1.807) is 0 Å². The number of hydrogen-bond donors (Lipinski definition) is 1. The van der Waals surface area contributed by atoms with E-state index >= 15 is 0 Å². The average molecular weight is 325 g/mol. The molecule has 1 N–H and O–H groups in total. The van der Waals surface area contributed by atoms with E-state index in [1.165, 1.54) is 37.8 Å². The Morgan fingerprint density at radius 1 is 1.32 bits per heavy atom. The van der Waals surface area contributed by atoms with E-state index in [9.17, 15) is 0 Å². The number of pyridine rings is 1. The highest BCUT2D eigenvalue weighted by atomic mass is 79.9. The Balaban J connectivity index is 2.10. The summed E-state index contributed by atoms with van der Waals surface area (Å²) in [6.45, 7) is 5.50. The van der Waals surface area contributed by atoms with Gasteiger partial charge >= 0.3 is 0 Å². The van der Waals surface area contributed by atoms with Crippen molar-refractivity contribution < 1.29 is 0 Å². The average Bonchev–Trinajstić information content (AvgIpc) is 2.46. The van der Waals surface area contributed by atoms with E-state index in [0.717, 1.165) is 22.9 Å². The first-order valence-corrected chi connectivity index (χ1v) is 8.39. The molecule has 106 valence electrons. The number of nitrogens with one attached hydrogen (secondary N) is 1. The van der Waals surface area contributed by atoms with Crippen LogP contribution >= 0.6 is 15.9 Å². The standard InChI is InChI=1S/C16H25BrN2/c1-3-12-7-9-13(10-8-12)15(18-4-2)16-14(17)6-5-11-19-16/h5-6,11-13,15,18H,3-4,7-10H2,1-2H3. The van der Waals surface area contributed by atoms with E-state index < -0.39 is 0 Å². The summed E-state index contributed by atoms with van der Waals surface area (Å²) in [5, 5.41) is 3.65. The number of aromatic nitrogens is 1. The van der Waals surface area contributed by atoms with Crippen LogP contribution in [0.5, 0.6) is 0 Å². The third-order valence-corrected chi connectivity index (χ3v) is 5.12.